The number of hydrogen-bond donors (Lipinski definition) is 1. The maximum atomic E-state index is 12.5. The number of hydrogen-bond acceptors (Lipinski definition) is 2. The number of amides is 1. The molecule has 2 unspecified atom stereocenters. The van der Waals surface area contributed by atoms with Gasteiger partial charge in [-0.2, -0.15) is 0 Å². The first-order chi connectivity index (χ1) is 9.15. The molecule has 1 N–H and O–H groups in total. The Morgan fingerprint density at radius 1 is 1.35 bits per heavy atom. The molecule has 0 radical (unpaired) electrons. The highest BCUT2D eigenvalue weighted by atomic mass is 35.5. The smallest absolute Gasteiger partial charge is 0.253 e. The van der Waals surface area contributed by atoms with Crippen molar-refractivity contribution in [3.63, 3.8) is 0 Å². The molecule has 1 amide bonds. The summed E-state index contributed by atoms with van der Waals surface area (Å²) in [6.45, 7) is 5.85. The summed E-state index contributed by atoms with van der Waals surface area (Å²) in [5, 5.41) is 4.09. The standard InChI is InChI=1S/C15H19ClN2O.ClH/c1-10-2-3-11(6-14(10)16)15(19)18-5-4-12-7-17-8-13(12)9-18;/h2-3,6,12-13,17H,4-5,7-9H2,1H3;1H. The maximum Gasteiger partial charge on any atom is 0.253 e. The minimum Gasteiger partial charge on any atom is -0.338 e. The van der Waals surface area contributed by atoms with Gasteiger partial charge in [-0.3, -0.25) is 4.79 Å². The molecule has 1 aromatic carbocycles. The average molecular weight is 315 g/mol. The van der Waals surface area contributed by atoms with E-state index in [1.807, 2.05) is 24.0 Å². The first kappa shape index (κ1) is 15.6. The van der Waals surface area contributed by atoms with Gasteiger partial charge in [0, 0.05) is 23.7 Å². The lowest BCUT2D eigenvalue weighted by atomic mass is 9.88. The molecule has 5 heteroatoms. The van der Waals surface area contributed by atoms with E-state index >= 15 is 0 Å². The number of rotatable bonds is 1. The monoisotopic (exact) mass is 314 g/mol. The summed E-state index contributed by atoms with van der Waals surface area (Å²) in [5.74, 6) is 1.50. The molecule has 2 aliphatic rings. The van der Waals surface area contributed by atoms with Gasteiger partial charge in [-0.1, -0.05) is 17.7 Å². The SMILES string of the molecule is Cc1ccc(C(=O)N2CCC3CNCC3C2)cc1Cl.Cl. The van der Waals surface area contributed by atoms with Crippen molar-refractivity contribution in [3.05, 3.63) is 34.3 Å². The number of aryl methyl sites for hydroxylation is 1. The molecular weight excluding hydrogens is 295 g/mol. The molecule has 0 aromatic heterocycles. The molecule has 2 heterocycles. The normalized spacial score (nSPS) is 25.0. The number of fused-ring (bicyclic) bond motifs is 1. The number of carbonyl (C=O) groups is 1. The summed E-state index contributed by atoms with van der Waals surface area (Å²) in [6, 6.07) is 5.58. The van der Waals surface area contributed by atoms with E-state index in [0.717, 1.165) is 44.1 Å². The van der Waals surface area contributed by atoms with Crippen molar-refractivity contribution in [3.8, 4) is 0 Å². The molecule has 3 nitrogen and oxygen atoms in total. The van der Waals surface area contributed by atoms with Gasteiger partial charge in [0.1, 0.15) is 0 Å². The minimum atomic E-state index is 0. The summed E-state index contributed by atoms with van der Waals surface area (Å²) in [7, 11) is 0. The molecule has 2 saturated heterocycles. The van der Waals surface area contributed by atoms with Crippen LogP contribution in [0.2, 0.25) is 5.02 Å². The van der Waals surface area contributed by atoms with Gasteiger partial charge in [0.25, 0.3) is 5.91 Å². The molecule has 20 heavy (non-hydrogen) atoms. The second kappa shape index (κ2) is 6.33. The molecule has 1 aromatic rings. The van der Waals surface area contributed by atoms with Crippen LogP contribution >= 0.6 is 24.0 Å². The third-order valence-electron chi connectivity index (χ3n) is 4.41. The Balaban J connectivity index is 0.00000147. The van der Waals surface area contributed by atoms with Crippen LogP contribution in [-0.2, 0) is 0 Å². The van der Waals surface area contributed by atoms with E-state index in [1.165, 1.54) is 0 Å². The predicted octanol–water partition coefficient (Wildman–Crippen LogP) is 2.75. The topological polar surface area (TPSA) is 32.3 Å². The fraction of sp³-hybridized carbons (Fsp3) is 0.533. The Morgan fingerprint density at radius 3 is 2.85 bits per heavy atom. The van der Waals surface area contributed by atoms with Crippen LogP contribution < -0.4 is 5.32 Å². The van der Waals surface area contributed by atoms with Crippen molar-refractivity contribution >= 4 is 29.9 Å². The minimum absolute atomic E-state index is 0. The van der Waals surface area contributed by atoms with Crippen molar-refractivity contribution in [2.24, 2.45) is 11.8 Å². The van der Waals surface area contributed by atoms with E-state index in [-0.39, 0.29) is 18.3 Å². The van der Waals surface area contributed by atoms with Crippen molar-refractivity contribution in [1.82, 2.24) is 10.2 Å². The number of carbonyl (C=O) groups excluding carboxylic acids is 1. The van der Waals surface area contributed by atoms with Crippen LogP contribution in [0.15, 0.2) is 18.2 Å². The summed E-state index contributed by atoms with van der Waals surface area (Å²) >= 11 is 6.11. The zero-order valence-electron chi connectivity index (χ0n) is 11.6. The summed E-state index contributed by atoms with van der Waals surface area (Å²) in [6.07, 6.45) is 1.11. The summed E-state index contributed by atoms with van der Waals surface area (Å²) in [5.41, 5.74) is 1.72. The highest BCUT2D eigenvalue weighted by Crippen LogP contribution is 2.28. The van der Waals surface area contributed by atoms with Gasteiger partial charge in [-0.15, -0.1) is 12.4 Å². The van der Waals surface area contributed by atoms with Gasteiger partial charge in [0.15, 0.2) is 0 Å². The molecular formula is C15H20Cl2N2O. The lowest BCUT2D eigenvalue weighted by Gasteiger charge is -2.34. The van der Waals surface area contributed by atoms with Crippen LogP contribution in [0.5, 0.6) is 0 Å². The number of halogens is 2. The van der Waals surface area contributed by atoms with Crippen molar-refractivity contribution < 1.29 is 4.79 Å². The number of piperidine rings is 1. The van der Waals surface area contributed by atoms with Crippen LogP contribution in [0.3, 0.4) is 0 Å². The molecule has 0 saturated carbocycles. The molecule has 110 valence electrons. The Hall–Kier alpha value is -0.770. The van der Waals surface area contributed by atoms with E-state index in [9.17, 15) is 4.79 Å². The number of nitrogens with zero attached hydrogens (tertiary/aromatic N) is 1. The van der Waals surface area contributed by atoms with Gasteiger partial charge < -0.3 is 10.2 Å². The van der Waals surface area contributed by atoms with Crippen LogP contribution in [0.4, 0.5) is 0 Å². The molecule has 0 bridgehead atoms. The average Bonchev–Trinajstić information content (AvgIpc) is 2.88. The van der Waals surface area contributed by atoms with E-state index in [1.54, 1.807) is 6.07 Å². The van der Waals surface area contributed by atoms with Gasteiger partial charge >= 0.3 is 0 Å². The Labute approximate surface area is 131 Å². The van der Waals surface area contributed by atoms with E-state index in [4.69, 9.17) is 11.6 Å². The highest BCUT2D eigenvalue weighted by Gasteiger charge is 2.34. The van der Waals surface area contributed by atoms with Crippen molar-refractivity contribution in [1.29, 1.82) is 0 Å². The zero-order chi connectivity index (χ0) is 13.4. The number of benzene rings is 1. The quantitative estimate of drug-likeness (QED) is 0.864. The predicted molar refractivity (Wildman–Crippen MR) is 83.8 cm³/mol. The van der Waals surface area contributed by atoms with Crippen molar-refractivity contribution in [2.45, 2.75) is 13.3 Å². The van der Waals surface area contributed by atoms with Crippen LogP contribution in [0.25, 0.3) is 0 Å². The second-order valence-electron chi connectivity index (χ2n) is 5.68. The first-order valence-corrected chi connectivity index (χ1v) is 7.29. The molecule has 2 fully saturated rings. The fourth-order valence-corrected chi connectivity index (χ4v) is 3.31. The van der Waals surface area contributed by atoms with Gasteiger partial charge in [0.05, 0.1) is 0 Å². The lowest BCUT2D eigenvalue weighted by molar-refractivity contribution is 0.0642. The third-order valence-corrected chi connectivity index (χ3v) is 4.82. The number of nitrogens with one attached hydrogen (secondary N) is 1. The van der Waals surface area contributed by atoms with E-state index in [2.05, 4.69) is 5.32 Å². The Bertz CT molecular complexity index is 507. The van der Waals surface area contributed by atoms with E-state index in [0.29, 0.717) is 16.5 Å². The fourth-order valence-electron chi connectivity index (χ4n) is 3.13. The molecule has 3 rings (SSSR count). The Morgan fingerprint density at radius 2 is 2.10 bits per heavy atom. The second-order valence-corrected chi connectivity index (χ2v) is 6.09. The van der Waals surface area contributed by atoms with Crippen LogP contribution in [0.1, 0.15) is 22.3 Å². The first-order valence-electron chi connectivity index (χ1n) is 6.91. The summed E-state index contributed by atoms with van der Waals surface area (Å²) in [4.78, 5) is 14.5. The molecule has 2 atom stereocenters. The molecule has 0 spiro atoms. The van der Waals surface area contributed by atoms with Gasteiger partial charge in [0.2, 0.25) is 0 Å². The lowest BCUT2D eigenvalue weighted by Crippen LogP contribution is -2.43. The van der Waals surface area contributed by atoms with E-state index < -0.39 is 0 Å². The Kier molecular flexibility index (Phi) is 4.95. The summed E-state index contributed by atoms with van der Waals surface area (Å²) < 4.78 is 0. The largest absolute Gasteiger partial charge is 0.338 e. The van der Waals surface area contributed by atoms with Crippen LogP contribution in [0, 0.1) is 18.8 Å². The van der Waals surface area contributed by atoms with Crippen LogP contribution in [-0.4, -0.2) is 37.0 Å². The zero-order valence-corrected chi connectivity index (χ0v) is 13.1. The third kappa shape index (κ3) is 2.95. The highest BCUT2D eigenvalue weighted by molar-refractivity contribution is 6.31. The van der Waals surface area contributed by atoms with Gasteiger partial charge in [-0.05, 0) is 56.0 Å². The molecule has 0 aliphatic carbocycles. The maximum absolute atomic E-state index is 12.5. The molecule has 2 aliphatic heterocycles. The van der Waals surface area contributed by atoms with Gasteiger partial charge in [-0.25, -0.2) is 0 Å². The number of likely N-dealkylation sites (tertiary alicyclic amines) is 1. The van der Waals surface area contributed by atoms with Crippen molar-refractivity contribution in [2.75, 3.05) is 26.2 Å².